The predicted molar refractivity (Wildman–Crippen MR) is 86.5 cm³/mol. The van der Waals surface area contributed by atoms with Gasteiger partial charge in [0.05, 0.1) is 23.1 Å². The van der Waals surface area contributed by atoms with Crippen LogP contribution in [0.4, 0.5) is 0 Å². The maximum Gasteiger partial charge on any atom is 0.124 e. The van der Waals surface area contributed by atoms with Crippen molar-refractivity contribution in [3.8, 4) is 0 Å². The van der Waals surface area contributed by atoms with Gasteiger partial charge in [-0.05, 0) is 23.8 Å². The highest BCUT2D eigenvalue weighted by Gasteiger charge is 2.45. The van der Waals surface area contributed by atoms with Crippen molar-refractivity contribution >= 4 is 33.5 Å². The van der Waals surface area contributed by atoms with Crippen LogP contribution < -0.4 is 0 Å². The third-order valence-corrected chi connectivity index (χ3v) is 5.04. The van der Waals surface area contributed by atoms with Crippen LogP contribution in [0.1, 0.15) is 26.1 Å². The van der Waals surface area contributed by atoms with Gasteiger partial charge in [0.1, 0.15) is 11.3 Å². The number of benzene rings is 1. The van der Waals surface area contributed by atoms with Gasteiger partial charge in [0.15, 0.2) is 0 Å². The topological polar surface area (TPSA) is 30.7 Å². The van der Waals surface area contributed by atoms with E-state index in [1.54, 1.807) is 0 Å². The van der Waals surface area contributed by atoms with Gasteiger partial charge in [0.25, 0.3) is 0 Å². The fraction of sp³-hybridized carbons (Fsp3) is 0.412. The van der Waals surface area contributed by atoms with E-state index in [-0.39, 0.29) is 0 Å². The molecule has 21 heavy (non-hydrogen) atoms. The SMILES string of the molecule is CC1(C)CC1Cn1c(CCl)nc2cnc3ccccc3c21. The molecule has 0 aliphatic heterocycles. The van der Waals surface area contributed by atoms with Crippen LogP contribution in [0.2, 0.25) is 0 Å². The highest BCUT2D eigenvalue weighted by atomic mass is 35.5. The second-order valence-electron chi connectivity index (χ2n) is 6.67. The molecule has 1 unspecified atom stereocenters. The lowest BCUT2D eigenvalue weighted by atomic mass is 10.1. The molecule has 0 radical (unpaired) electrons. The highest BCUT2D eigenvalue weighted by molar-refractivity contribution is 6.17. The van der Waals surface area contributed by atoms with Crippen molar-refractivity contribution in [3.63, 3.8) is 0 Å². The standard InChI is InChI=1S/C17H18ClN3/c1-17(2)7-11(17)10-21-15(8-18)20-14-9-19-13-6-4-3-5-12(13)16(14)21/h3-6,9,11H,7-8,10H2,1-2H3. The van der Waals surface area contributed by atoms with Crippen LogP contribution in [-0.2, 0) is 12.4 Å². The lowest BCUT2D eigenvalue weighted by Gasteiger charge is -2.10. The summed E-state index contributed by atoms with van der Waals surface area (Å²) in [6.45, 7) is 5.66. The zero-order chi connectivity index (χ0) is 14.6. The summed E-state index contributed by atoms with van der Waals surface area (Å²) in [4.78, 5) is 9.18. The first kappa shape index (κ1) is 13.1. The molecule has 1 aromatic carbocycles. The Morgan fingerprint density at radius 2 is 2.05 bits per heavy atom. The lowest BCUT2D eigenvalue weighted by Crippen LogP contribution is -2.07. The quantitative estimate of drug-likeness (QED) is 0.672. The molecule has 2 heterocycles. The molecule has 108 valence electrons. The molecule has 1 aliphatic rings. The van der Waals surface area contributed by atoms with Crippen LogP contribution in [0.3, 0.4) is 0 Å². The molecule has 1 saturated carbocycles. The molecule has 3 aromatic rings. The van der Waals surface area contributed by atoms with Gasteiger partial charge in [-0.2, -0.15) is 0 Å². The van der Waals surface area contributed by atoms with Gasteiger partial charge < -0.3 is 4.57 Å². The van der Waals surface area contributed by atoms with Crippen molar-refractivity contribution in [3.05, 3.63) is 36.3 Å². The van der Waals surface area contributed by atoms with Crippen molar-refractivity contribution in [2.24, 2.45) is 11.3 Å². The molecular weight excluding hydrogens is 282 g/mol. The fourth-order valence-corrected chi connectivity index (χ4v) is 3.42. The first-order valence-electron chi connectivity index (χ1n) is 7.39. The maximum absolute atomic E-state index is 6.13. The number of hydrogen-bond donors (Lipinski definition) is 0. The summed E-state index contributed by atoms with van der Waals surface area (Å²) in [5.74, 6) is 2.10. The average molecular weight is 300 g/mol. The summed E-state index contributed by atoms with van der Waals surface area (Å²) in [6, 6.07) is 8.25. The molecule has 2 aromatic heterocycles. The normalized spacial score (nSPS) is 20.2. The van der Waals surface area contributed by atoms with Crippen LogP contribution in [0.5, 0.6) is 0 Å². The lowest BCUT2D eigenvalue weighted by molar-refractivity contribution is 0.499. The van der Waals surface area contributed by atoms with Crippen LogP contribution in [0.25, 0.3) is 21.9 Å². The van der Waals surface area contributed by atoms with E-state index >= 15 is 0 Å². The highest BCUT2D eigenvalue weighted by Crippen LogP contribution is 2.52. The van der Waals surface area contributed by atoms with Crippen molar-refractivity contribution in [1.29, 1.82) is 0 Å². The summed E-state index contributed by atoms with van der Waals surface area (Å²) in [5, 5.41) is 1.16. The van der Waals surface area contributed by atoms with E-state index in [1.807, 2.05) is 18.3 Å². The Hall–Kier alpha value is -1.61. The Balaban J connectivity index is 1.95. The Morgan fingerprint density at radius 1 is 1.29 bits per heavy atom. The number of para-hydroxylation sites is 1. The molecule has 0 amide bonds. The van der Waals surface area contributed by atoms with E-state index in [2.05, 4.69) is 40.5 Å². The number of alkyl halides is 1. The number of fused-ring (bicyclic) bond motifs is 3. The summed E-state index contributed by atoms with van der Waals surface area (Å²) in [5.41, 5.74) is 3.59. The third kappa shape index (κ3) is 2.03. The number of pyridine rings is 1. The van der Waals surface area contributed by atoms with E-state index in [1.165, 1.54) is 11.9 Å². The van der Waals surface area contributed by atoms with Crippen LogP contribution >= 0.6 is 11.6 Å². The number of halogens is 1. The minimum atomic E-state index is 0.441. The van der Waals surface area contributed by atoms with E-state index in [4.69, 9.17) is 11.6 Å². The van der Waals surface area contributed by atoms with Gasteiger partial charge in [0, 0.05) is 11.9 Å². The second-order valence-corrected chi connectivity index (χ2v) is 6.94. The Morgan fingerprint density at radius 3 is 2.76 bits per heavy atom. The van der Waals surface area contributed by atoms with Gasteiger partial charge in [-0.25, -0.2) is 4.98 Å². The van der Waals surface area contributed by atoms with Gasteiger partial charge in [0.2, 0.25) is 0 Å². The van der Waals surface area contributed by atoms with Crippen molar-refractivity contribution in [1.82, 2.24) is 14.5 Å². The first-order valence-corrected chi connectivity index (χ1v) is 7.92. The Labute approximate surface area is 129 Å². The van der Waals surface area contributed by atoms with E-state index in [0.717, 1.165) is 28.8 Å². The first-order chi connectivity index (χ1) is 10.1. The smallest absolute Gasteiger partial charge is 0.124 e. The summed E-state index contributed by atoms with van der Waals surface area (Å²) in [6.07, 6.45) is 3.14. The molecule has 3 nitrogen and oxygen atoms in total. The van der Waals surface area contributed by atoms with E-state index in [9.17, 15) is 0 Å². The average Bonchev–Trinajstić information content (AvgIpc) is 2.93. The van der Waals surface area contributed by atoms with Crippen molar-refractivity contribution in [2.75, 3.05) is 0 Å². The molecule has 1 fully saturated rings. The Kier molecular flexibility index (Phi) is 2.77. The second kappa shape index (κ2) is 4.44. The molecule has 0 spiro atoms. The van der Waals surface area contributed by atoms with Crippen LogP contribution in [-0.4, -0.2) is 14.5 Å². The van der Waals surface area contributed by atoms with Gasteiger partial charge in [-0.1, -0.05) is 32.0 Å². The summed E-state index contributed by atoms with van der Waals surface area (Å²) >= 11 is 6.13. The molecule has 4 rings (SSSR count). The number of aromatic nitrogens is 3. The minimum Gasteiger partial charge on any atom is -0.326 e. The molecule has 0 N–H and O–H groups in total. The number of imidazole rings is 1. The fourth-order valence-electron chi connectivity index (χ4n) is 3.22. The van der Waals surface area contributed by atoms with Gasteiger partial charge in [-0.15, -0.1) is 11.6 Å². The minimum absolute atomic E-state index is 0.441. The number of rotatable bonds is 3. The summed E-state index contributed by atoms with van der Waals surface area (Å²) in [7, 11) is 0. The van der Waals surface area contributed by atoms with Gasteiger partial charge >= 0.3 is 0 Å². The molecular formula is C17H18ClN3. The van der Waals surface area contributed by atoms with Crippen LogP contribution in [0.15, 0.2) is 30.5 Å². The maximum atomic E-state index is 6.13. The monoisotopic (exact) mass is 299 g/mol. The van der Waals surface area contributed by atoms with Crippen molar-refractivity contribution in [2.45, 2.75) is 32.7 Å². The molecule has 4 heteroatoms. The molecule has 0 bridgehead atoms. The molecule has 1 aliphatic carbocycles. The van der Waals surface area contributed by atoms with Crippen molar-refractivity contribution < 1.29 is 0 Å². The van der Waals surface area contributed by atoms with E-state index < -0.39 is 0 Å². The van der Waals surface area contributed by atoms with Crippen LogP contribution in [0, 0.1) is 11.3 Å². The predicted octanol–water partition coefficient (Wildman–Crippen LogP) is 4.37. The zero-order valence-electron chi connectivity index (χ0n) is 12.3. The summed E-state index contributed by atoms with van der Waals surface area (Å²) < 4.78 is 2.31. The molecule has 1 atom stereocenters. The van der Waals surface area contributed by atoms with E-state index in [0.29, 0.717) is 17.2 Å². The number of nitrogens with zero attached hydrogens (tertiary/aromatic N) is 3. The third-order valence-electron chi connectivity index (χ3n) is 4.80. The molecule has 0 saturated heterocycles. The Bertz CT molecular complexity index is 835. The number of hydrogen-bond acceptors (Lipinski definition) is 2. The largest absolute Gasteiger partial charge is 0.326 e. The zero-order valence-corrected chi connectivity index (χ0v) is 13.1. The van der Waals surface area contributed by atoms with Gasteiger partial charge in [-0.3, -0.25) is 4.98 Å².